The van der Waals surface area contributed by atoms with E-state index >= 15 is 0 Å². The zero-order chi connectivity index (χ0) is 16.2. The van der Waals surface area contributed by atoms with Gasteiger partial charge in [0.15, 0.2) is 0 Å². The first-order chi connectivity index (χ1) is 9.66. The first kappa shape index (κ1) is 18.2. The van der Waals surface area contributed by atoms with Gasteiger partial charge in [0.05, 0.1) is 17.1 Å². The maximum atomic E-state index is 12.1. The minimum atomic E-state index is -4.00. The lowest BCUT2D eigenvalue weighted by Crippen LogP contribution is -2.21. The Hall–Kier alpha value is -0.820. The molecule has 0 amide bonds. The number of esters is 1. The zero-order valence-electron chi connectivity index (χ0n) is 11.9. The summed E-state index contributed by atoms with van der Waals surface area (Å²) in [6.45, 7) is 5.73. The van der Waals surface area contributed by atoms with Crippen LogP contribution in [0.1, 0.15) is 29.8 Å². The Balaban J connectivity index is 3.08. The van der Waals surface area contributed by atoms with Gasteiger partial charge in [-0.15, -0.1) is 0 Å². The van der Waals surface area contributed by atoms with E-state index in [0.29, 0.717) is 6.61 Å². The Morgan fingerprint density at radius 1 is 1.38 bits per heavy atom. The molecule has 118 valence electrons. The van der Waals surface area contributed by atoms with Gasteiger partial charge in [0, 0.05) is 22.3 Å². The third-order valence-electron chi connectivity index (χ3n) is 2.67. The summed E-state index contributed by atoms with van der Waals surface area (Å²) in [5, 5.41) is 0.0873. The highest BCUT2D eigenvalue weighted by molar-refractivity contribution is 8.13. The van der Waals surface area contributed by atoms with E-state index in [1.54, 1.807) is 6.92 Å². The summed E-state index contributed by atoms with van der Waals surface area (Å²) in [5.74, 6) is -0.677. The molecular weight excluding hydrogens is 339 g/mol. The molecule has 1 unspecified atom stereocenters. The van der Waals surface area contributed by atoms with Gasteiger partial charge >= 0.3 is 5.97 Å². The van der Waals surface area contributed by atoms with E-state index in [-0.39, 0.29) is 27.7 Å². The Kier molecular flexibility index (Phi) is 6.46. The maximum Gasteiger partial charge on any atom is 0.338 e. The van der Waals surface area contributed by atoms with Crippen molar-refractivity contribution in [1.82, 2.24) is 0 Å². The van der Waals surface area contributed by atoms with Crippen LogP contribution in [0.15, 0.2) is 17.0 Å². The molecule has 0 aliphatic rings. The second kappa shape index (κ2) is 7.45. The molecule has 0 aromatic heterocycles. The van der Waals surface area contributed by atoms with E-state index in [9.17, 15) is 13.2 Å². The van der Waals surface area contributed by atoms with Crippen LogP contribution in [0.5, 0.6) is 0 Å². The molecule has 1 aromatic carbocycles. The Morgan fingerprint density at radius 3 is 2.52 bits per heavy atom. The third-order valence-corrected chi connectivity index (χ3v) is 4.34. The number of hydrogen-bond acceptors (Lipinski definition) is 5. The van der Waals surface area contributed by atoms with Gasteiger partial charge in [-0.1, -0.05) is 11.6 Å². The molecule has 0 fully saturated rings. The summed E-state index contributed by atoms with van der Waals surface area (Å²) < 4.78 is 33.3. The Morgan fingerprint density at radius 2 is 2.00 bits per heavy atom. The lowest BCUT2D eigenvalue weighted by Gasteiger charge is -2.15. The normalized spacial score (nSPS) is 13.0. The van der Waals surface area contributed by atoms with Gasteiger partial charge in [0.2, 0.25) is 0 Å². The summed E-state index contributed by atoms with van der Waals surface area (Å²) >= 11 is 5.84. The van der Waals surface area contributed by atoms with Gasteiger partial charge < -0.3 is 9.47 Å². The van der Waals surface area contributed by atoms with Crippen LogP contribution in [0.25, 0.3) is 0 Å². The molecule has 8 heteroatoms. The number of ether oxygens (including phenoxy) is 2. The SMILES string of the molecule is CCOCC(C)OC(=O)c1cc(Cl)cc(S(=O)(=O)Cl)c1C. The molecule has 0 saturated carbocycles. The summed E-state index contributed by atoms with van der Waals surface area (Å²) in [5.41, 5.74) is 0.257. The molecule has 0 heterocycles. The number of carbonyl (C=O) groups is 1. The van der Waals surface area contributed by atoms with Gasteiger partial charge in [0.25, 0.3) is 9.05 Å². The molecule has 5 nitrogen and oxygen atoms in total. The van der Waals surface area contributed by atoms with E-state index in [0.717, 1.165) is 0 Å². The van der Waals surface area contributed by atoms with Crippen molar-refractivity contribution in [2.75, 3.05) is 13.2 Å². The summed E-state index contributed by atoms with van der Waals surface area (Å²) in [6.07, 6.45) is -0.466. The molecule has 1 rings (SSSR count). The lowest BCUT2D eigenvalue weighted by atomic mass is 10.1. The van der Waals surface area contributed by atoms with Crippen LogP contribution in [0.3, 0.4) is 0 Å². The topological polar surface area (TPSA) is 69.7 Å². The largest absolute Gasteiger partial charge is 0.457 e. The molecule has 0 radical (unpaired) electrons. The fourth-order valence-electron chi connectivity index (χ4n) is 1.68. The van der Waals surface area contributed by atoms with Crippen molar-refractivity contribution in [3.63, 3.8) is 0 Å². The van der Waals surface area contributed by atoms with Crippen molar-refractivity contribution < 1.29 is 22.7 Å². The molecule has 21 heavy (non-hydrogen) atoms. The van der Waals surface area contributed by atoms with Crippen LogP contribution in [0, 0.1) is 6.92 Å². The first-order valence-corrected chi connectivity index (χ1v) is 8.89. The zero-order valence-corrected chi connectivity index (χ0v) is 14.2. The lowest BCUT2D eigenvalue weighted by molar-refractivity contribution is 0.00430. The molecule has 0 saturated heterocycles. The van der Waals surface area contributed by atoms with E-state index in [1.807, 2.05) is 6.92 Å². The summed E-state index contributed by atoms with van der Waals surface area (Å²) in [6, 6.07) is 2.54. The highest BCUT2D eigenvalue weighted by Gasteiger charge is 2.22. The minimum Gasteiger partial charge on any atom is -0.457 e. The van der Waals surface area contributed by atoms with Gasteiger partial charge in [0.1, 0.15) is 6.10 Å². The molecule has 1 atom stereocenters. The van der Waals surface area contributed by atoms with Crippen LogP contribution in [0.2, 0.25) is 5.02 Å². The predicted molar refractivity (Wildman–Crippen MR) is 80.6 cm³/mol. The van der Waals surface area contributed by atoms with Gasteiger partial charge in [-0.2, -0.15) is 0 Å². The van der Waals surface area contributed by atoms with Crippen molar-refractivity contribution in [3.05, 3.63) is 28.3 Å². The minimum absolute atomic E-state index is 0.0603. The molecule has 0 aliphatic heterocycles. The molecule has 0 bridgehead atoms. The van der Waals surface area contributed by atoms with E-state index in [4.69, 9.17) is 31.8 Å². The van der Waals surface area contributed by atoms with Crippen LogP contribution >= 0.6 is 22.3 Å². The second-order valence-corrected chi connectivity index (χ2v) is 7.36. The van der Waals surface area contributed by atoms with Crippen molar-refractivity contribution in [2.24, 2.45) is 0 Å². The molecule has 0 aliphatic carbocycles. The first-order valence-electron chi connectivity index (χ1n) is 6.20. The Bertz CT molecular complexity index is 628. The van der Waals surface area contributed by atoms with Crippen LogP contribution in [-0.4, -0.2) is 33.7 Å². The highest BCUT2D eigenvalue weighted by Crippen LogP contribution is 2.27. The summed E-state index contributed by atoms with van der Waals surface area (Å²) in [4.78, 5) is 11.9. The third kappa shape index (κ3) is 5.14. The number of benzene rings is 1. The number of hydrogen-bond donors (Lipinski definition) is 0. The van der Waals surface area contributed by atoms with Crippen molar-refractivity contribution in [1.29, 1.82) is 0 Å². The van der Waals surface area contributed by atoms with Crippen LogP contribution in [0.4, 0.5) is 0 Å². The summed E-state index contributed by atoms with van der Waals surface area (Å²) in [7, 11) is 1.33. The number of carbonyl (C=O) groups excluding carboxylic acids is 1. The van der Waals surface area contributed by atoms with Crippen molar-refractivity contribution in [2.45, 2.75) is 31.8 Å². The molecule has 1 aromatic rings. The average molecular weight is 355 g/mol. The van der Waals surface area contributed by atoms with Gasteiger partial charge in [-0.3, -0.25) is 0 Å². The average Bonchev–Trinajstić information content (AvgIpc) is 2.37. The second-order valence-electron chi connectivity index (χ2n) is 4.39. The van der Waals surface area contributed by atoms with Crippen LogP contribution < -0.4 is 0 Å². The Labute approximate surface area is 133 Å². The molecule has 0 spiro atoms. The van der Waals surface area contributed by atoms with E-state index in [2.05, 4.69) is 0 Å². The van der Waals surface area contributed by atoms with E-state index in [1.165, 1.54) is 19.1 Å². The highest BCUT2D eigenvalue weighted by atomic mass is 35.7. The predicted octanol–water partition coefficient (Wildman–Crippen LogP) is 3.16. The standard InChI is InChI=1S/C13H16Cl2O5S/c1-4-19-7-8(2)20-13(16)11-5-10(14)6-12(9(11)3)21(15,17)18/h5-6,8H,4,7H2,1-3H3. The quantitative estimate of drug-likeness (QED) is 0.579. The van der Waals surface area contributed by atoms with Gasteiger partial charge in [-0.05, 0) is 38.5 Å². The smallest absolute Gasteiger partial charge is 0.338 e. The van der Waals surface area contributed by atoms with Crippen molar-refractivity contribution >= 4 is 37.3 Å². The molecular formula is C13H16Cl2O5S. The van der Waals surface area contributed by atoms with Crippen molar-refractivity contribution in [3.8, 4) is 0 Å². The monoisotopic (exact) mass is 354 g/mol. The van der Waals surface area contributed by atoms with Gasteiger partial charge in [-0.25, -0.2) is 13.2 Å². The fourth-order valence-corrected chi connectivity index (χ4v) is 3.19. The number of halogens is 2. The molecule has 0 N–H and O–H groups in total. The fraction of sp³-hybridized carbons (Fsp3) is 0.462. The van der Waals surface area contributed by atoms with Crippen LogP contribution in [-0.2, 0) is 18.5 Å². The maximum absolute atomic E-state index is 12.1. The van der Waals surface area contributed by atoms with E-state index < -0.39 is 21.1 Å². The number of rotatable bonds is 6.